The highest BCUT2D eigenvalue weighted by molar-refractivity contribution is 5.49. The lowest BCUT2D eigenvalue weighted by molar-refractivity contribution is -0.137. The molecular formula is C15H14F3NO2. The van der Waals surface area contributed by atoms with Crippen LogP contribution < -0.4 is 5.32 Å². The first-order valence-corrected chi connectivity index (χ1v) is 6.23. The van der Waals surface area contributed by atoms with Crippen molar-refractivity contribution in [1.82, 2.24) is 0 Å². The average Bonchev–Trinajstić information content (AvgIpc) is 2.41. The quantitative estimate of drug-likeness (QED) is 0.741. The Kier molecular flexibility index (Phi) is 3.97. The predicted molar refractivity (Wildman–Crippen MR) is 73.3 cm³/mol. The molecule has 0 aliphatic carbocycles. The summed E-state index contributed by atoms with van der Waals surface area (Å²) in [5.41, 5.74) is 0.217. The molecule has 0 radical (unpaired) electrons. The standard InChI is InChI=1S/C15H14F3NO2/c1-9(13-8-12(20)6-7-14(13)21)19-11-4-2-10(3-5-11)15(16,17)18/h2-9,19-21H,1H3. The van der Waals surface area contributed by atoms with Gasteiger partial charge in [0.25, 0.3) is 0 Å². The number of nitrogens with one attached hydrogen (secondary N) is 1. The Labute approximate surface area is 119 Å². The summed E-state index contributed by atoms with van der Waals surface area (Å²) in [5.74, 6) is 0.00332. The zero-order valence-electron chi connectivity index (χ0n) is 11.1. The van der Waals surface area contributed by atoms with Gasteiger partial charge in [0, 0.05) is 11.3 Å². The molecule has 0 aliphatic rings. The van der Waals surface area contributed by atoms with Crippen molar-refractivity contribution in [2.45, 2.75) is 19.1 Å². The minimum atomic E-state index is -4.37. The second-order valence-electron chi connectivity index (χ2n) is 4.68. The molecule has 1 atom stereocenters. The Bertz CT molecular complexity index is 624. The Morgan fingerprint density at radius 1 is 1.00 bits per heavy atom. The molecule has 0 heterocycles. The number of aromatic hydroxyl groups is 2. The Morgan fingerprint density at radius 2 is 1.62 bits per heavy atom. The van der Waals surface area contributed by atoms with Crippen molar-refractivity contribution in [3.8, 4) is 11.5 Å². The van der Waals surface area contributed by atoms with Crippen LogP contribution in [0, 0.1) is 0 Å². The molecule has 0 bridgehead atoms. The normalized spacial score (nSPS) is 13.0. The fraction of sp³-hybridized carbons (Fsp3) is 0.200. The summed E-state index contributed by atoms with van der Waals surface area (Å²) in [5, 5.41) is 22.1. The Hall–Kier alpha value is -2.37. The van der Waals surface area contributed by atoms with E-state index in [0.717, 1.165) is 12.1 Å². The first-order chi connectivity index (χ1) is 9.77. The van der Waals surface area contributed by atoms with Crippen LogP contribution in [-0.4, -0.2) is 10.2 Å². The summed E-state index contributed by atoms with van der Waals surface area (Å²) in [6.07, 6.45) is -4.37. The number of alkyl halides is 3. The minimum Gasteiger partial charge on any atom is -0.508 e. The van der Waals surface area contributed by atoms with Crippen molar-refractivity contribution in [3.63, 3.8) is 0 Å². The monoisotopic (exact) mass is 297 g/mol. The van der Waals surface area contributed by atoms with E-state index < -0.39 is 11.7 Å². The van der Waals surface area contributed by atoms with Gasteiger partial charge < -0.3 is 15.5 Å². The third-order valence-electron chi connectivity index (χ3n) is 3.07. The van der Waals surface area contributed by atoms with Crippen LogP contribution in [-0.2, 0) is 6.18 Å². The van der Waals surface area contributed by atoms with Crippen molar-refractivity contribution < 1.29 is 23.4 Å². The highest BCUT2D eigenvalue weighted by Crippen LogP contribution is 2.32. The van der Waals surface area contributed by atoms with Crippen molar-refractivity contribution in [1.29, 1.82) is 0 Å². The fourth-order valence-corrected chi connectivity index (χ4v) is 1.97. The van der Waals surface area contributed by atoms with Crippen LogP contribution in [0.5, 0.6) is 11.5 Å². The van der Waals surface area contributed by atoms with E-state index >= 15 is 0 Å². The van der Waals surface area contributed by atoms with Crippen molar-refractivity contribution in [2.75, 3.05) is 5.32 Å². The number of hydrogen-bond acceptors (Lipinski definition) is 3. The van der Waals surface area contributed by atoms with Crippen LogP contribution in [0.25, 0.3) is 0 Å². The SMILES string of the molecule is CC(Nc1ccc(C(F)(F)F)cc1)c1cc(O)ccc1O. The van der Waals surface area contributed by atoms with Crippen LogP contribution in [0.15, 0.2) is 42.5 Å². The van der Waals surface area contributed by atoms with Crippen LogP contribution in [0.3, 0.4) is 0 Å². The summed E-state index contributed by atoms with van der Waals surface area (Å²) in [6.45, 7) is 1.73. The molecular weight excluding hydrogens is 283 g/mol. The average molecular weight is 297 g/mol. The maximum absolute atomic E-state index is 12.5. The van der Waals surface area contributed by atoms with Crippen LogP contribution in [0.2, 0.25) is 0 Å². The summed E-state index contributed by atoms with van der Waals surface area (Å²) < 4.78 is 37.4. The van der Waals surface area contributed by atoms with Gasteiger partial charge in [-0.2, -0.15) is 13.2 Å². The fourth-order valence-electron chi connectivity index (χ4n) is 1.97. The Balaban J connectivity index is 2.16. The number of anilines is 1. The number of phenolic OH excluding ortho intramolecular Hbond substituents is 2. The van der Waals surface area contributed by atoms with Crippen molar-refractivity contribution in [3.05, 3.63) is 53.6 Å². The van der Waals surface area contributed by atoms with Gasteiger partial charge in [0.05, 0.1) is 11.6 Å². The van der Waals surface area contributed by atoms with Gasteiger partial charge in [-0.1, -0.05) is 0 Å². The van der Waals surface area contributed by atoms with E-state index in [1.165, 1.54) is 30.3 Å². The molecule has 0 saturated heterocycles. The minimum absolute atomic E-state index is 0.000267. The van der Waals surface area contributed by atoms with Gasteiger partial charge in [-0.05, 0) is 49.4 Å². The second kappa shape index (κ2) is 5.55. The maximum atomic E-state index is 12.5. The number of halogens is 3. The van der Waals surface area contributed by atoms with Crippen molar-refractivity contribution in [2.24, 2.45) is 0 Å². The van der Waals surface area contributed by atoms with Crippen LogP contribution in [0.1, 0.15) is 24.1 Å². The molecule has 0 aromatic heterocycles. The lowest BCUT2D eigenvalue weighted by atomic mass is 10.1. The maximum Gasteiger partial charge on any atom is 0.416 e. The van der Waals surface area contributed by atoms with Gasteiger partial charge in [-0.3, -0.25) is 0 Å². The zero-order valence-corrected chi connectivity index (χ0v) is 11.1. The highest BCUT2D eigenvalue weighted by Gasteiger charge is 2.29. The summed E-state index contributed by atoms with van der Waals surface area (Å²) >= 11 is 0. The van der Waals surface area contributed by atoms with Crippen LogP contribution >= 0.6 is 0 Å². The van der Waals surface area contributed by atoms with E-state index in [9.17, 15) is 23.4 Å². The molecule has 0 saturated carbocycles. The molecule has 112 valence electrons. The number of rotatable bonds is 3. The molecule has 2 aromatic rings. The highest BCUT2D eigenvalue weighted by atomic mass is 19.4. The third-order valence-corrected chi connectivity index (χ3v) is 3.07. The summed E-state index contributed by atoms with van der Waals surface area (Å²) in [7, 11) is 0. The smallest absolute Gasteiger partial charge is 0.416 e. The van der Waals surface area contributed by atoms with Gasteiger partial charge in [0.15, 0.2) is 0 Å². The molecule has 2 rings (SSSR count). The molecule has 3 N–H and O–H groups in total. The van der Waals surface area contributed by atoms with Gasteiger partial charge in [0.1, 0.15) is 11.5 Å². The van der Waals surface area contributed by atoms with E-state index in [1.54, 1.807) is 6.92 Å². The summed E-state index contributed by atoms with van der Waals surface area (Å²) in [6, 6.07) is 8.33. The largest absolute Gasteiger partial charge is 0.508 e. The van der Waals surface area contributed by atoms with Crippen LogP contribution in [0.4, 0.5) is 18.9 Å². The van der Waals surface area contributed by atoms with Crippen molar-refractivity contribution >= 4 is 5.69 Å². The van der Waals surface area contributed by atoms with Gasteiger partial charge >= 0.3 is 6.18 Å². The molecule has 6 heteroatoms. The third kappa shape index (κ3) is 3.59. The molecule has 0 amide bonds. The summed E-state index contributed by atoms with van der Waals surface area (Å²) in [4.78, 5) is 0. The topological polar surface area (TPSA) is 52.5 Å². The number of hydrogen-bond donors (Lipinski definition) is 3. The molecule has 1 unspecified atom stereocenters. The Morgan fingerprint density at radius 3 is 2.19 bits per heavy atom. The first-order valence-electron chi connectivity index (χ1n) is 6.23. The van der Waals surface area contributed by atoms with E-state index in [2.05, 4.69) is 5.32 Å². The lowest BCUT2D eigenvalue weighted by Crippen LogP contribution is -2.08. The molecule has 3 nitrogen and oxygen atoms in total. The van der Waals surface area contributed by atoms with Gasteiger partial charge in [0.2, 0.25) is 0 Å². The van der Waals surface area contributed by atoms with E-state index in [4.69, 9.17) is 0 Å². The van der Waals surface area contributed by atoms with E-state index in [-0.39, 0.29) is 17.5 Å². The molecule has 0 fully saturated rings. The first kappa shape index (κ1) is 15.0. The van der Waals surface area contributed by atoms with Gasteiger partial charge in [-0.15, -0.1) is 0 Å². The molecule has 0 spiro atoms. The van der Waals surface area contributed by atoms with E-state index in [1.807, 2.05) is 0 Å². The zero-order chi connectivity index (χ0) is 15.6. The van der Waals surface area contributed by atoms with E-state index in [0.29, 0.717) is 11.3 Å². The molecule has 2 aromatic carbocycles. The number of phenols is 2. The lowest BCUT2D eigenvalue weighted by Gasteiger charge is -2.17. The van der Waals surface area contributed by atoms with Gasteiger partial charge in [-0.25, -0.2) is 0 Å². The molecule has 0 aliphatic heterocycles. The molecule has 21 heavy (non-hydrogen) atoms. The second-order valence-corrected chi connectivity index (χ2v) is 4.68. The predicted octanol–water partition coefficient (Wildman–Crippen LogP) is 4.29. The number of benzene rings is 2.